The van der Waals surface area contributed by atoms with Crippen molar-refractivity contribution in [1.82, 2.24) is 10.6 Å². The molecular formula is C20H19Cl2N3O2S. The average molecular weight is 436 g/mol. The molecular weight excluding hydrogens is 417 g/mol. The molecule has 5 nitrogen and oxygen atoms in total. The molecule has 1 unspecified atom stereocenters. The molecule has 28 heavy (non-hydrogen) atoms. The lowest BCUT2D eigenvalue weighted by atomic mass is 9.95. The topological polar surface area (TPSA) is 62.4 Å². The Kier molecular flexibility index (Phi) is 6.44. The lowest BCUT2D eigenvalue weighted by molar-refractivity contribution is -0.113. The maximum absolute atomic E-state index is 13.2. The maximum Gasteiger partial charge on any atom is 0.255 e. The largest absolute Gasteiger partial charge is 0.492 e. The van der Waals surface area contributed by atoms with Crippen molar-refractivity contribution < 1.29 is 9.53 Å². The molecule has 0 spiro atoms. The summed E-state index contributed by atoms with van der Waals surface area (Å²) in [6.07, 6.45) is 0. The van der Waals surface area contributed by atoms with Crippen molar-refractivity contribution in [3.05, 3.63) is 69.3 Å². The van der Waals surface area contributed by atoms with Crippen LogP contribution in [-0.2, 0) is 4.79 Å². The molecule has 3 rings (SSSR count). The smallest absolute Gasteiger partial charge is 0.255 e. The van der Waals surface area contributed by atoms with Gasteiger partial charge in [-0.05, 0) is 55.9 Å². The van der Waals surface area contributed by atoms with Crippen molar-refractivity contribution in [3.63, 3.8) is 0 Å². The highest BCUT2D eigenvalue weighted by atomic mass is 35.5. The highest BCUT2D eigenvalue weighted by Crippen LogP contribution is 2.34. The number of hydrogen-bond donors (Lipinski definition) is 3. The zero-order valence-electron chi connectivity index (χ0n) is 15.3. The SMILES string of the molecule is CCOc1ccccc1NC(=O)C1=C(C)NC(=S)NC1c1ccc(Cl)cc1Cl. The van der Waals surface area contributed by atoms with Crippen molar-refractivity contribution in [2.75, 3.05) is 11.9 Å². The lowest BCUT2D eigenvalue weighted by Crippen LogP contribution is -2.45. The van der Waals surface area contributed by atoms with Gasteiger partial charge in [0.15, 0.2) is 5.11 Å². The van der Waals surface area contributed by atoms with E-state index in [1.165, 1.54) is 0 Å². The van der Waals surface area contributed by atoms with E-state index in [1.807, 2.05) is 19.1 Å². The van der Waals surface area contributed by atoms with Gasteiger partial charge in [-0.3, -0.25) is 4.79 Å². The van der Waals surface area contributed by atoms with E-state index in [0.717, 1.165) is 0 Å². The Morgan fingerprint density at radius 2 is 2.00 bits per heavy atom. The number of anilines is 1. The first-order valence-corrected chi connectivity index (χ1v) is 9.83. The lowest BCUT2D eigenvalue weighted by Gasteiger charge is -2.31. The molecule has 1 amide bonds. The summed E-state index contributed by atoms with van der Waals surface area (Å²) in [5.41, 5.74) is 2.41. The Bertz CT molecular complexity index is 962. The molecule has 2 aromatic carbocycles. The number of ether oxygens (including phenoxy) is 1. The van der Waals surface area contributed by atoms with Crippen LogP contribution in [-0.4, -0.2) is 17.6 Å². The zero-order valence-corrected chi connectivity index (χ0v) is 17.6. The van der Waals surface area contributed by atoms with Gasteiger partial charge in [0.25, 0.3) is 5.91 Å². The molecule has 146 valence electrons. The Morgan fingerprint density at radius 1 is 1.25 bits per heavy atom. The number of benzene rings is 2. The van der Waals surface area contributed by atoms with Crippen LogP contribution in [0.25, 0.3) is 0 Å². The van der Waals surface area contributed by atoms with Gasteiger partial charge >= 0.3 is 0 Å². The maximum atomic E-state index is 13.2. The summed E-state index contributed by atoms with van der Waals surface area (Å²) in [5.74, 6) is 0.313. The highest BCUT2D eigenvalue weighted by molar-refractivity contribution is 7.80. The molecule has 3 N–H and O–H groups in total. The van der Waals surface area contributed by atoms with Crippen molar-refractivity contribution in [1.29, 1.82) is 0 Å². The molecule has 1 heterocycles. The van der Waals surface area contributed by atoms with Crippen molar-refractivity contribution in [2.24, 2.45) is 0 Å². The van der Waals surface area contributed by atoms with Crippen LogP contribution in [0.5, 0.6) is 5.75 Å². The minimum atomic E-state index is -0.516. The fourth-order valence-electron chi connectivity index (χ4n) is 3.00. The third kappa shape index (κ3) is 4.41. The molecule has 0 saturated heterocycles. The van der Waals surface area contributed by atoms with Crippen LogP contribution >= 0.6 is 35.4 Å². The van der Waals surface area contributed by atoms with Crippen LogP contribution in [0, 0.1) is 0 Å². The molecule has 8 heteroatoms. The summed E-state index contributed by atoms with van der Waals surface area (Å²) in [7, 11) is 0. The second kappa shape index (κ2) is 8.82. The Labute approximate surface area is 179 Å². The van der Waals surface area contributed by atoms with E-state index in [1.54, 1.807) is 37.3 Å². The number of halogens is 2. The van der Waals surface area contributed by atoms with Crippen LogP contribution < -0.4 is 20.7 Å². The number of allylic oxidation sites excluding steroid dienone is 1. The number of para-hydroxylation sites is 2. The third-order valence-electron chi connectivity index (χ3n) is 4.22. The molecule has 0 bridgehead atoms. The molecule has 1 aliphatic heterocycles. The fraction of sp³-hybridized carbons (Fsp3) is 0.200. The molecule has 0 radical (unpaired) electrons. The molecule has 1 aliphatic rings. The Morgan fingerprint density at radius 3 is 2.71 bits per heavy atom. The first-order chi connectivity index (χ1) is 13.4. The van der Waals surface area contributed by atoms with Crippen LogP contribution in [0.2, 0.25) is 10.0 Å². The van der Waals surface area contributed by atoms with Gasteiger partial charge in [-0.2, -0.15) is 0 Å². The number of rotatable bonds is 5. The van der Waals surface area contributed by atoms with Gasteiger partial charge in [0, 0.05) is 15.7 Å². The molecule has 1 atom stereocenters. The minimum absolute atomic E-state index is 0.289. The summed E-state index contributed by atoms with van der Waals surface area (Å²) in [5, 5.41) is 10.4. The van der Waals surface area contributed by atoms with E-state index in [9.17, 15) is 4.79 Å². The van der Waals surface area contributed by atoms with E-state index < -0.39 is 6.04 Å². The Balaban J connectivity index is 1.98. The third-order valence-corrected chi connectivity index (χ3v) is 5.00. The van der Waals surface area contributed by atoms with Gasteiger partial charge in [0.1, 0.15) is 5.75 Å². The number of amides is 1. The predicted molar refractivity (Wildman–Crippen MR) is 117 cm³/mol. The summed E-state index contributed by atoms with van der Waals surface area (Å²) in [4.78, 5) is 13.2. The number of carbonyl (C=O) groups is 1. The fourth-order valence-corrected chi connectivity index (χ4v) is 3.79. The van der Waals surface area contributed by atoms with Gasteiger partial charge in [-0.15, -0.1) is 0 Å². The van der Waals surface area contributed by atoms with Gasteiger partial charge in [0.2, 0.25) is 0 Å². The monoisotopic (exact) mass is 435 g/mol. The quantitative estimate of drug-likeness (QED) is 0.587. The van der Waals surface area contributed by atoms with E-state index in [4.69, 9.17) is 40.2 Å². The van der Waals surface area contributed by atoms with Crippen LogP contribution in [0.15, 0.2) is 53.7 Å². The van der Waals surface area contributed by atoms with E-state index >= 15 is 0 Å². The van der Waals surface area contributed by atoms with Crippen LogP contribution in [0.1, 0.15) is 25.5 Å². The molecule has 0 fully saturated rings. The normalized spacial score (nSPS) is 16.3. The zero-order chi connectivity index (χ0) is 20.3. The number of hydrogen-bond acceptors (Lipinski definition) is 3. The number of carbonyl (C=O) groups excluding carboxylic acids is 1. The Hall–Kier alpha value is -2.28. The first-order valence-electron chi connectivity index (χ1n) is 8.67. The average Bonchev–Trinajstić information content (AvgIpc) is 2.62. The van der Waals surface area contributed by atoms with Crippen molar-refractivity contribution >= 4 is 52.1 Å². The molecule has 2 aromatic rings. The number of thiocarbonyl (C=S) groups is 1. The number of nitrogens with one attached hydrogen (secondary N) is 3. The van der Waals surface area contributed by atoms with Crippen molar-refractivity contribution in [2.45, 2.75) is 19.9 Å². The van der Waals surface area contributed by atoms with Gasteiger partial charge in [0.05, 0.1) is 23.9 Å². The van der Waals surface area contributed by atoms with E-state index in [2.05, 4.69) is 16.0 Å². The first kappa shape index (κ1) is 20.5. The van der Waals surface area contributed by atoms with Gasteiger partial charge in [-0.25, -0.2) is 0 Å². The van der Waals surface area contributed by atoms with E-state index in [-0.39, 0.29) is 5.91 Å². The standard InChI is InChI=1S/C20H19Cl2N3O2S/c1-3-27-16-7-5-4-6-15(16)24-19(26)17-11(2)23-20(28)25-18(17)13-9-8-12(21)10-14(13)22/h4-10,18H,3H2,1-2H3,(H,24,26)(H2,23,25,28). The van der Waals surface area contributed by atoms with Gasteiger partial charge < -0.3 is 20.7 Å². The van der Waals surface area contributed by atoms with Crippen LogP contribution in [0.3, 0.4) is 0 Å². The predicted octanol–water partition coefficient (Wildman–Crippen LogP) is 4.82. The summed E-state index contributed by atoms with van der Waals surface area (Å²) in [6.45, 7) is 4.18. The molecule has 0 aliphatic carbocycles. The second-order valence-electron chi connectivity index (χ2n) is 6.12. The second-order valence-corrected chi connectivity index (χ2v) is 7.37. The highest BCUT2D eigenvalue weighted by Gasteiger charge is 2.31. The minimum Gasteiger partial charge on any atom is -0.492 e. The molecule has 0 saturated carbocycles. The van der Waals surface area contributed by atoms with Crippen molar-refractivity contribution in [3.8, 4) is 5.75 Å². The molecule has 0 aromatic heterocycles. The summed E-state index contributed by atoms with van der Waals surface area (Å²) < 4.78 is 5.59. The van der Waals surface area contributed by atoms with Gasteiger partial charge in [-0.1, -0.05) is 41.4 Å². The summed E-state index contributed by atoms with van der Waals surface area (Å²) in [6, 6.07) is 11.9. The van der Waals surface area contributed by atoms with Crippen LogP contribution in [0.4, 0.5) is 5.69 Å². The summed E-state index contributed by atoms with van der Waals surface area (Å²) >= 11 is 17.7. The van der Waals surface area contributed by atoms with E-state index in [0.29, 0.717) is 50.0 Å².